The third-order valence-electron chi connectivity index (χ3n) is 3.10. The van der Waals surface area contributed by atoms with Crippen LogP contribution in [-0.2, 0) is 9.53 Å². The second-order valence-corrected chi connectivity index (χ2v) is 5.58. The summed E-state index contributed by atoms with van der Waals surface area (Å²) in [5.74, 6) is -0.387. The summed E-state index contributed by atoms with van der Waals surface area (Å²) < 4.78 is 5.37. The first-order valence-electron chi connectivity index (χ1n) is 6.23. The van der Waals surface area contributed by atoms with Gasteiger partial charge in [0.25, 0.3) is 0 Å². The van der Waals surface area contributed by atoms with Crippen LogP contribution in [0, 0.1) is 0 Å². The van der Waals surface area contributed by atoms with Gasteiger partial charge in [-0.15, -0.1) is 0 Å². The molecule has 1 atom stereocenters. The van der Waals surface area contributed by atoms with Crippen molar-refractivity contribution in [1.29, 1.82) is 0 Å². The summed E-state index contributed by atoms with van der Waals surface area (Å²) in [6, 6.07) is 14.7. The Kier molecular flexibility index (Phi) is 3.32. The fourth-order valence-corrected chi connectivity index (χ4v) is 3.42. The predicted octanol–water partition coefficient (Wildman–Crippen LogP) is 3.59. The average molecular weight is 284 g/mol. The van der Waals surface area contributed by atoms with E-state index in [0.29, 0.717) is 11.1 Å². The summed E-state index contributed by atoms with van der Waals surface area (Å²) in [4.78, 5) is 24.7. The number of benzene rings is 2. The van der Waals surface area contributed by atoms with Crippen LogP contribution in [0.5, 0.6) is 0 Å². The highest BCUT2D eigenvalue weighted by Crippen LogP contribution is 2.43. The number of hydrogen-bond acceptors (Lipinski definition) is 4. The molecule has 1 unspecified atom stereocenters. The van der Waals surface area contributed by atoms with E-state index in [2.05, 4.69) is 0 Å². The lowest BCUT2D eigenvalue weighted by Crippen LogP contribution is -2.08. The first kappa shape index (κ1) is 12.9. The topological polar surface area (TPSA) is 43.4 Å². The Morgan fingerprint density at radius 1 is 1.05 bits per heavy atom. The maximum Gasteiger partial charge on any atom is 0.304 e. The van der Waals surface area contributed by atoms with Crippen LogP contribution in [-0.4, -0.2) is 11.8 Å². The molecule has 3 rings (SSSR count). The molecule has 2 aromatic carbocycles. The van der Waals surface area contributed by atoms with E-state index < -0.39 is 5.44 Å². The van der Waals surface area contributed by atoms with E-state index in [9.17, 15) is 9.59 Å². The van der Waals surface area contributed by atoms with Gasteiger partial charge in [-0.05, 0) is 12.1 Å². The number of ketones is 1. The quantitative estimate of drug-likeness (QED) is 0.751. The molecule has 0 bridgehead atoms. The molecule has 1 heterocycles. The zero-order chi connectivity index (χ0) is 14.1. The Hall–Kier alpha value is -2.07. The standard InChI is InChI=1S/C16H12O3S/c1-10(17)19-16-12-7-3-2-6-11(12)15(18)13-8-4-5-9-14(13)20-16/h2-9,16H,1H3. The SMILES string of the molecule is CC(=O)OC1Sc2ccccc2C(=O)c2ccccc21. The molecule has 0 saturated heterocycles. The van der Waals surface area contributed by atoms with Crippen molar-refractivity contribution in [1.82, 2.24) is 0 Å². The number of carbonyl (C=O) groups excluding carboxylic acids is 2. The van der Waals surface area contributed by atoms with Crippen LogP contribution in [0.15, 0.2) is 53.4 Å². The van der Waals surface area contributed by atoms with Gasteiger partial charge in [-0.1, -0.05) is 48.2 Å². The molecule has 0 amide bonds. The fraction of sp³-hybridized carbons (Fsp3) is 0.125. The Balaban J connectivity index is 2.18. The average Bonchev–Trinajstić information content (AvgIpc) is 2.56. The molecule has 2 aromatic rings. The summed E-state index contributed by atoms with van der Waals surface area (Å²) in [5.41, 5.74) is 1.50. The minimum Gasteiger partial charge on any atom is -0.446 e. The molecular weight excluding hydrogens is 272 g/mol. The van der Waals surface area contributed by atoms with Crippen molar-refractivity contribution >= 4 is 23.5 Å². The first-order chi connectivity index (χ1) is 9.66. The number of rotatable bonds is 1. The molecule has 0 aliphatic carbocycles. The van der Waals surface area contributed by atoms with Crippen molar-refractivity contribution < 1.29 is 14.3 Å². The molecule has 3 nitrogen and oxygen atoms in total. The van der Waals surface area contributed by atoms with Crippen molar-refractivity contribution in [2.45, 2.75) is 17.3 Å². The van der Waals surface area contributed by atoms with Gasteiger partial charge in [-0.25, -0.2) is 0 Å². The molecule has 100 valence electrons. The molecule has 0 fully saturated rings. The highest BCUT2D eigenvalue weighted by molar-refractivity contribution is 7.99. The van der Waals surface area contributed by atoms with Gasteiger partial charge in [0.15, 0.2) is 11.2 Å². The van der Waals surface area contributed by atoms with Crippen LogP contribution in [0.4, 0.5) is 0 Å². The minimum atomic E-state index is -0.490. The summed E-state index contributed by atoms with van der Waals surface area (Å²) in [5, 5.41) is 0. The molecule has 20 heavy (non-hydrogen) atoms. The highest BCUT2D eigenvalue weighted by Gasteiger charge is 2.29. The second-order valence-electron chi connectivity index (χ2n) is 4.47. The van der Waals surface area contributed by atoms with Gasteiger partial charge in [0.05, 0.1) is 0 Å². The van der Waals surface area contributed by atoms with Crippen LogP contribution in [0.1, 0.15) is 33.8 Å². The highest BCUT2D eigenvalue weighted by atomic mass is 32.2. The third-order valence-corrected chi connectivity index (χ3v) is 4.27. The molecule has 1 aliphatic heterocycles. The van der Waals surface area contributed by atoms with E-state index in [-0.39, 0.29) is 11.8 Å². The Morgan fingerprint density at radius 3 is 2.45 bits per heavy atom. The number of ether oxygens (including phenoxy) is 1. The number of esters is 1. The molecule has 1 aliphatic rings. The maximum absolute atomic E-state index is 12.6. The third kappa shape index (κ3) is 2.23. The van der Waals surface area contributed by atoms with E-state index in [1.807, 2.05) is 36.4 Å². The predicted molar refractivity (Wildman–Crippen MR) is 76.7 cm³/mol. The molecule has 0 aromatic heterocycles. The number of thioether (sulfide) groups is 1. The van der Waals surface area contributed by atoms with Crippen LogP contribution >= 0.6 is 11.8 Å². The van der Waals surface area contributed by atoms with E-state index in [0.717, 1.165) is 10.5 Å². The summed E-state index contributed by atoms with van der Waals surface area (Å²) in [6.45, 7) is 1.38. The van der Waals surface area contributed by atoms with Gasteiger partial charge in [-0.3, -0.25) is 9.59 Å². The van der Waals surface area contributed by atoms with E-state index in [4.69, 9.17) is 4.74 Å². The largest absolute Gasteiger partial charge is 0.446 e. The zero-order valence-electron chi connectivity index (χ0n) is 10.8. The summed E-state index contributed by atoms with van der Waals surface area (Å²) in [6.07, 6.45) is 0. The lowest BCUT2D eigenvalue weighted by molar-refractivity contribution is -0.142. The van der Waals surface area contributed by atoms with Gasteiger partial charge in [0.2, 0.25) is 0 Å². The van der Waals surface area contributed by atoms with Gasteiger partial charge in [0, 0.05) is 28.5 Å². The van der Waals surface area contributed by atoms with E-state index in [1.54, 1.807) is 12.1 Å². The van der Waals surface area contributed by atoms with Gasteiger partial charge >= 0.3 is 5.97 Å². The second kappa shape index (κ2) is 5.13. The number of hydrogen-bond donors (Lipinski definition) is 0. The molecule has 0 N–H and O–H groups in total. The van der Waals surface area contributed by atoms with Crippen LogP contribution in [0.25, 0.3) is 0 Å². The lowest BCUT2D eigenvalue weighted by atomic mass is 9.99. The number of carbonyl (C=O) groups is 2. The van der Waals surface area contributed by atoms with Crippen molar-refractivity contribution in [2.24, 2.45) is 0 Å². The normalized spacial score (nSPS) is 16.9. The summed E-state index contributed by atoms with van der Waals surface area (Å²) in [7, 11) is 0. The van der Waals surface area contributed by atoms with Crippen molar-refractivity contribution in [3.8, 4) is 0 Å². The maximum atomic E-state index is 12.6. The van der Waals surface area contributed by atoms with Gasteiger partial charge in [-0.2, -0.15) is 0 Å². The lowest BCUT2D eigenvalue weighted by Gasteiger charge is -2.16. The van der Waals surface area contributed by atoms with E-state index in [1.165, 1.54) is 18.7 Å². The van der Waals surface area contributed by atoms with Crippen LogP contribution < -0.4 is 0 Å². The smallest absolute Gasteiger partial charge is 0.304 e. The summed E-state index contributed by atoms with van der Waals surface area (Å²) >= 11 is 1.39. The molecular formula is C16H12O3S. The van der Waals surface area contributed by atoms with Crippen molar-refractivity contribution in [2.75, 3.05) is 0 Å². The van der Waals surface area contributed by atoms with Crippen LogP contribution in [0.2, 0.25) is 0 Å². The molecule has 4 heteroatoms. The van der Waals surface area contributed by atoms with Crippen molar-refractivity contribution in [3.05, 3.63) is 65.2 Å². The Bertz CT molecular complexity index is 694. The zero-order valence-corrected chi connectivity index (χ0v) is 11.6. The molecule has 0 radical (unpaired) electrons. The number of fused-ring (bicyclic) bond motifs is 2. The monoisotopic (exact) mass is 284 g/mol. The molecule has 0 spiro atoms. The Morgan fingerprint density at radius 2 is 1.70 bits per heavy atom. The minimum absolute atomic E-state index is 0.0293. The fourth-order valence-electron chi connectivity index (χ4n) is 2.23. The first-order valence-corrected chi connectivity index (χ1v) is 7.11. The van der Waals surface area contributed by atoms with Crippen molar-refractivity contribution in [3.63, 3.8) is 0 Å². The Labute approximate surface area is 121 Å². The van der Waals surface area contributed by atoms with E-state index >= 15 is 0 Å². The van der Waals surface area contributed by atoms with Crippen LogP contribution in [0.3, 0.4) is 0 Å². The van der Waals surface area contributed by atoms with Gasteiger partial charge in [0.1, 0.15) is 0 Å². The van der Waals surface area contributed by atoms with Gasteiger partial charge < -0.3 is 4.74 Å². The molecule has 0 saturated carbocycles.